The Bertz CT molecular complexity index is 1160. The lowest BCUT2D eigenvalue weighted by molar-refractivity contribution is 0.0782. The van der Waals surface area contributed by atoms with E-state index < -0.39 is 15.7 Å². The largest absolute Gasteiger partial charge is 0.493 e. The monoisotopic (exact) mass is 544 g/mol. The number of nitrogens with zero attached hydrogens (tertiary/aromatic N) is 1. The molecule has 2 aromatic carbocycles. The average molecular weight is 545 g/mol. The fourth-order valence-corrected chi connectivity index (χ4v) is 4.88. The van der Waals surface area contributed by atoms with Crippen molar-refractivity contribution in [3.8, 4) is 11.5 Å². The van der Waals surface area contributed by atoms with E-state index in [1.807, 2.05) is 20.8 Å². The Morgan fingerprint density at radius 3 is 2.49 bits per heavy atom. The highest BCUT2D eigenvalue weighted by molar-refractivity contribution is 7.87. The summed E-state index contributed by atoms with van der Waals surface area (Å²) in [6, 6.07) is 8.56. The second kappa shape index (κ2) is 11.2. The van der Waals surface area contributed by atoms with Gasteiger partial charge < -0.3 is 23.9 Å². The van der Waals surface area contributed by atoms with Crippen molar-refractivity contribution in [1.82, 2.24) is 10.2 Å². The maximum atomic E-state index is 13.0. The third-order valence-electron chi connectivity index (χ3n) is 5.20. The highest BCUT2D eigenvalue weighted by Gasteiger charge is 2.26. The van der Waals surface area contributed by atoms with Crippen LogP contribution in [0.15, 0.2) is 41.3 Å². The lowest BCUT2D eigenvalue weighted by Gasteiger charge is -2.30. The van der Waals surface area contributed by atoms with E-state index in [2.05, 4.69) is 5.32 Å². The van der Waals surface area contributed by atoms with E-state index in [1.165, 1.54) is 25.3 Å². The van der Waals surface area contributed by atoms with Crippen LogP contribution in [0.2, 0.25) is 10.0 Å². The first kappa shape index (κ1) is 27.4. The second-order valence-electron chi connectivity index (χ2n) is 9.29. The van der Waals surface area contributed by atoms with Crippen molar-refractivity contribution < 1.29 is 26.9 Å². The van der Waals surface area contributed by atoms with E-state index in [-0.39, 0.29) is 45.1 Å². The Hall–Kier alpha value is -2.20. The number of halogens is 2. The molecule has 2 aromatic rings. The summed E-state index contributed by atoms with van der Waals surface area (Å²) in [4.78, 5) is 14.5. The molecule has 0 spiro atoms. The zero-order chi connectivity index (χ0) is 25.8. The summed E-state index contributed by atoms with van der Waals surface area (Å²) in [5, 5.41) is 3.29. The Balaban J connectivity index is 1.87. The van der Waals surface area contributed by atoms with Crippen LogP contribution in [-0.4, -0.2) is 51.3 Å². The molecule has 0 radical (unpaired) electrons. The number of ether oxygens (including phenoxy) is 2. The van der Waals surface area contributed by atoms with Gasteiger partial charge in [0.05, 0.1) is 23.3 Å². The molecule has 0 bridgehead atoms. The summed E-state index contributed by atoms with van der Waals surface area (Å²) in [6.07, 6.45) is 1.77. The fraction of sp³-hybridized carbons (Fsp3) is 0.458. The van der Waals surface area contributed by atoms with Gasteiger partial charge in [-0.1, -0.05) is 29.3 Å². The minimum absolute atomic E-state index is 0.00984. The van der Waals surface area contributed by atoms with Gasteiger partial charge in [0.1, 0.15) is 4.90 Å². The number of methoxy groups -OCH3 is 1. The molecular weight excluding hydrogens is 515 g/mol. The summed E-state index contributed by atoms with van der Waals surface area (Å²) < 4.78 is 42.2. The summed E-state index contributed by atoms with van der Waals surface area (Å²) >= 11 is 11.9. The molecule has 1 atom stereocenters. The van der Waals surface area contributed by atoms with Crippen molar-refractivity contribution in [2.75, 3.05) is 20.3 Å². The van der Waals surface area contributed by atoms with Crippen LogP contribution in [-0.2, 0) is 21.4 Å². The van der Waals surface area contributed by atoms with Gasteiger partial charge in [-0.3, -0.25) is 0 Å². The molecule has 3 rings (SSSR count). The summed E-state index contributed by atoms with van der Waals surface area (Å²) in [5.41, 5.74) is 0.237. The summed E-state index contributed by atoms with van der Waals surface area (Å²) in [6.45, 7) is 7.01. The molecule has 1 unspecified atom stereocenters. The van der Waals surface area contributed by atoms with Crippen molar-refractivity contribution in [1.29, 1.82) is 0 Å². The molecule has 192 valence electrons. The molecule has 35 heavy (non-hydrogen) atoms. The Morgan fingerprint density at radius 1 is 1.14 bits per heavy atom. The van der Waals surface area contributed by atoms with Crippen molar-refractivity contribution in [2.45, 2.75) is 56.7 Å². The number of carbonyl (C=O) groups is 1. The van der Waals surface area contributed by atoms with E-state index in [1.54, 1.807) is 23.1 Å². The maximum absolute atomic E-state index is 13.0. The zero-order valence-electron chi connectivity index (χ0n) is 20.1. The summed E-state index contributed by atoms with van der Waals surface area (Å²) in [7, 11) is -2.81. The van der Waals surface area contributed by atoms with Gasteiger partial charge in [-0.15, -0.1) is 0 Å². The van der Waals surface area contributed by atoms with E-state index in [9.17, 15) is 13.2 Å². The normalized spacial score (nSPS) is 16.1. The second-order valence-corrected chi connectivity index (χ2v) is 11.7. The van der Waals surface area contributed by atoms with Crippen molar-refractivity contribution in [3.05, 3.63) is 52.0 Å². The third kappa shape index (κ3) is 7.64. The number of rotatable bonds is 8. The number of urea groups is 1. The zero-order valence-corrected chi connectivity index (χ0v) is 22.5. The van der Waals surface area contributed by atoms with Gasteiger partial charge in [0.15, 0.2) is 11.5 Å². The first-order valence-corrected chi connectivity index (χ1v) is 13.3. The maximum Gasteiger partial charge on any atom is 0.339 e. The lowest BCUT2D eigenvalue weighted by Crippen LogP contribution is -2.50. The van der Waals surface area contributed by atoms with Crippen LogP contribution in [0.1, 0.15) is 39.2 Å². The minimum atomic E-state index is -4.23. The molecule has 0 aliphatic carbocycles. The topological polar surface area (TPSA) is 94.2 Å². The Labute approximate surface area is 216 Å². The summed E-state index contributed by atoms with van der Waals surface area (Å²) in [5.74, 6) is 0.214. The van der Waals surface area contributed by atoms with E-state index in [4.69, 9.17) is 36.9 Å². The van der Waals surface area contributed by atoms with E-state index >= 15 is 0 Å². The molecule has 1 heterocycles. The molecule has 2 amide bonds. The highest BCUT2D eigenvalue weighted by atomic mass is 35.5. The average Bonchev–Trinajstić information content (AvgIpc) is 3.27. The fourth-order valence-electron chi connectivity index (χ4n) is 3.56. The molecule has 1 aliphatic rings. The van der Waals surface area contributed by atoms with Crippen molar-refractivity contribution in [2.24, 2.45) is 0 Å². The minimum Gasteiger partial charge on any atom is -0.493 e. The van der Waals surface area contributed by atoms with Gasteiger partial charge in [-0.05, 0) is 69.5 Å². The molecule has 1 aliphatic heterocycles. The predicted octanol–water partition coefficient (Wildman–Crippen LogP) is 5.26. The molecule has 0 aromatic heterocycles. The van der Waals surface area contributed by atoms with Gasteiger partial charge in [-0.2, -0.15) is 8.42 Å². The first-order valence-electron chi connectivity index (χ1n) is 11.1. The van der Waals surface area contributed by atoms with Crippen LogP contribution in [0, 0.1) is 0 Å². The van der Waals surface area contributed by atoms with Crippen LogP contribution in [0.25, 0.3) is 0 Å². The molecule has 8 nitrogen and oxygen atoms in total. The molecule has 1 fully saturated rings. The predicted molar refractivity (Wildman–Crippen MR) is 135 cm³/mol. The number of amides is 2. The van der Waals surface area contributed by atoms with Gasteiger partial charge in [-0.25, -0.2) is 4.79 Å². The van der Waals surface area contributed by atoms with Crippen LogP contribution in [0.3, 0.4) is 0 Å². The van der Waals surface area contributed by atoms with Crippen LogP contribution >= 0.6 is 23.2 Å². The SMILES string of the molecule is COc1ccc(CN(CC2CCCO2)C(=O)NC(C)(C)C)cc1OS(=O)(=O)c1ccc(Cl)c(Cl)c1. The van der Waals surface area contributed by atoms with Gasteiger partial charge in [0.2, 0.25) is 0 Å². The van der Waals surface area contributed by atoms with Crippen LogP contribution in [0.4, 0.5) is 4.79 Å². The number of benzene rings is 2. The molecule has 1 saturated heterocycles. The number of carbonyl (C=O) groups excluding carboxylic acids is 1. The molecular formula is C24H30Cl2N2O6S. The molecule has 1 N–H and O–H groups in total. The number of hydrogen-bond acceptors (Lipinski definition) is 6. The van der Waals surface area contributed by atoms with Crippen LogP contribution < -0.4 is 14.2 Å². The van der Waals surface area contributed by atoms with Crippen molar-refractivity contribution >= 4 is 39.4 Å². The molecule has 0 saturated carbocycles. The van der Waals surface area contributed by atoms with Crippen molar-refractivity contribution in [3.63, 3.8) is 0 Å². The Morgan fingerprint density at radius 2 is 1.89 bits per heavy atom. The first-order chi connectivity index (χ1) is 16.4. The van der Waals surface area contributed by atoms with Gasteiger partial charge in [0.25, 0.3) is 0 Å². The standard InChI is InChI=1S/C24H30Cl2N2O6S/c1-24(2,3)27-23(29)28(15-17-6-5-11-33-17)14-16-7-10-21(32-4)22(12-16)34-35(30,31)18-8-9-19(25)20(26)13-18/h7-10,12-13,17H,5-6,11,14-15H2,1-4H3,(H,27,29). The van der Waals surface area contributed by atoms with Gasteiger partial charge >= 0.3 is 16.1 Å². The lowest BCUT2D eigenvalue weighted by atomic mass is 10.1. The smallest absolute Gasteiger partial charge is 0.339 e. The van der Waals surface area contributed by atoms with E-state index in [0.29, 0.717) is 18.7 Å². The Kier molecular flexibility index (Phi) is 8.80. The number of nitrogens with one attached hydrogen (secondary N) is 1. The number of hydrogen-bond donors (Lipinski definition) is 1. The van der Waals surface area contributed by atoms with Gasteiger partial charge in [0, 0.05) is 25.2 Å². The quantitative estimate of drug-likeness (QED) is 0.455. The third-order valence-corrected chi connectivity index (χ3v) is 7.17. The molecule has 11 heteroatoms. The van der Waals surface area contributed by atoms with Crippen LogP contribution in [0.5, 0.6) is 11.5 Å². The highest BCUT2D eigenvalue weighted by Crippen LogP contribution is 2.33. The van der Waals surface area contributed by atoms with E-state index in [0.717, 1.165) is 12.8 Å².